The lowest BCUT2D eigenvalue weighted by Gasteiger charge is -2.21. The first kappa shape index (κ1) is 20.1. The lowest BCUT2D eigenvalue weighted by molar-refractivity contribution is -0.129. The van der Waals surface area contributed by atoms with Crippen LogP contribution in [0.5, 0.6) is 0 Å². The van der Waals surface area contributed by atoms with E-state index in [2.05, 4.69) is 24.1 Å². The molecule has 1 unspecified atom stereocenters. The number of nitrogens with zero attached hydrogens (tertiary/aromatic N) is 2. The summed E-state index contributed by atoms with van der Waals surface area (Å²) in [7, 11) is 1.77. The maximum atomic E-state index is 12.3. The molecule has 0 saturated heterocycles. The summed E-state index contributed by atoms with van der Waals surface area (Å²) >= 11 is 1.29. The lowest BCUT2D eigenvalue weighted by Crippen LogP contribution is -2.35. The first-order valence-corrected chi connectivity index (χ1v) is 9.45. The molecule has 8 heteroatoms. The molecule has 0 spiro atoms. The van der Waals surface area contributed by atoms with Gasteiger partial charge in [-0.2, -0.15) is 0 Å². The minimum Gasteiger partial charge on any atom is -0.469 e. The van der Waals surface area contributed by atoms with Crippen molar-refractivity contribution in [2.45, 2.75) is 39.7 Å². The van der Waals surface area contributed by atoms with E-state index in [1.165, 1.54) is 17.6 Å². The number of anilines is 1. The van der Waals surface area contributed by atoms with Crippen LogP contribution in [0.1, 0.15) is 42.1 Å². The molecule has 26 heavy (non-hydrogen) atoms. The molecule has 2 rings (SSSR count). The van der Waals surface area contributed by atoms with Crippen LogP contribution in [0.3, 0.4) is 0 Å². The molecule has 142 valence electrons. The van der Waals surface area contributed by atoms with E-state index in [4.69, 9.17) is 10.2 Å². The fourth-order valence-electron chi connectivity index (χ4n) is 2.32. The van der Waals surface area contributed by atoms with Gasteiger partial charge < -0.3 is 15.1 Å². The van der Waals surface area contributed by atoms with Crippen LogP contribution in [0.4, 0.5) is 5.13 Å². The van der Waals surface area contributed by atoms with Gasteiger partial charge in [0, 0.05) is 25.0 Å². The molecule has 1 atom stereocenters. The van der Waals surface area contributed by atoms with Crippen LogP contribution in [0, 0.1) is 12.8 Å². The Hall–Kier alpha value is -2.19. The highest BCUT2D eigenvalue weighted by atomic mass is 32.1. The number of aryl methyl sites for hydroxylation is 1. The lowest BCUT2D eigenvalue weighted by atomic mass is 10.0. The third kappa shape index (κ3) is 5.40. The number of likely N-dealkylation sites (N-methyl/N-ethyl adjacent to an activating group) is 1. The normalized spacial score (nSPS) is 12.2. The maximum absolute atomic E-state index is 12.3. The fraction of sp³-hybridized carbons (Fsp3) is 0.500. The van der Waals surface area contributed by atoms with Crippen molar-refractivity contribution in [1.29, 1.82) is 0 Å². The molecule has 0 fully saturated rings. The Morgan fingerprint density at radius 2 is 2.15 bits per heavy atom. The summed E-state index contributed by atoms with van der Waals surface area (Å²) in [5, 5.41) is 4.97. The zero-order valence-electron chi connectivity index (χ0n) is 15.6. The van der Waals surface area contributed by atoms with Gasteiger partial charge in [-0.15, -0.1) is 11.3 Å². The molecule has 2 aromatic rings. The number of carbonyl (C=O) groups is 2. The number of hydrogen-bond donors (Lipinski definition) is 2. The number of aromatic nitrogens is 1. The van der Waals surface area contributed by atoms with E-state index in [-0.39, 0.29) is 24.3 Å². The highest BCUT2D eigenvalue weighted by Crippen LogP contribution is 2.18. The number of hydrogen-bond acceptors (Lipinski definition) is 6. The molecule has 0 aromatic carbocycles. The van der Waals surface area contributed by atoms with Crippen molar-refractivity contribution in [3.63, 3.8) is 0 Å². The van der Waals surface area contributed by atoms with E-state index in [0.717, 1.165) is 6.42 Å². The maximum Gasteiger partial charge on any atom is 0.260 e. The van der Waals surface area contributed by atoms with Gasteiger partial charge in [-0.3, -0.25) is 14.9 Å². The van der Waals surface area contributed by atoms with E-state index in [9.17, 15) is 9.59 Å². The Bertz CT molecular complexity index is 753. The van der Waals surface area contributed by atoms with E-state index >= 15 is 0 Å². The topological polar surface area (TPSA) is 101 Å². The first-order valence-electron chi connectivity index (χ1n) is 8.57. The Kier molecular flexibility index (Phi) is 6.93. The summed E-state index contributed by atoms with van der Waals surface area (Å²) in [6, 6.07) is 1.69. The smallest absolute Gasteiger partial charge is 0.260 e. The minimum atomic E-state index is -0.275. The Balaban J connectivity index is 1.86. The highest BCUT2D eigenvalue weighted by Gasteiger charge is 2.16. The van der Waals surface area contributed by atoms with Gasteiger partial charge in [0.25, 0.3) is 5.91 Å². The van der Waals surface area contributed by atoms with E-state index in [1.807, 2.05) is 0 Å². The number of furan rings is 1. The molecule has 3 N–H and O–H groups in total. The van der Waals surface area contributed by atoms with Crippen molar-refractivity contribution in [1.82, 2.24) is 9.88 Å². The molecule has 0 aliphatic heterocycles. The molecule has 0 saturated carbocycles. The molecule has 2 amide bonds. The van der Waals surface area contributed by atoms with Gasteiger partial charge in [0.1, 0.15) is 5.76 Å². The Morgan fingerprint density at radius 3 is 2.77 bits per heavy atom. The van der Waals surface area contributed by atoms with Crippen LogP contribution in [0.2, 0.25) is 0 Å². The SMILES string of the molecule is Cc1occc1C(=O)Nc1nc(CC(=O)N(C)CCC(N)C(C)C)cs1. The molecule has 0 bridgehead atoms. The van der Waals surface area contributed by atoms with Crippen LogP contribution < -0.4 is 11.1 Å². The van der Waals surface area contributed by atoms with Crippen molar-refractivity contribution >= 4 is 28.3 Å². The van der Waals surface area contributed by atoms with Crippen molar-refractivity contribution < 1.29 is 14.0 Å². The van der Waals surface area contributed by atoms with Gasteiger partial charge in [0.2, 0.25) is 5.91 Å². The summed E-state index contributed by atoms with van der Waals surface area (Å²) in [5.74, 6) is 0.649. The zero-order valence-corrected chi connectivity index (χ0v) is 16.4. The summed E-state index contributed by atoms with van der Waals surface area (Å²) in [5.41, 5.74) is 7.13. The van der Waals surface area contributed by atoms with Crippen LogP contribution >= 0.6 is 11.3 Å². The van der Waals surface area contributed by atoms with Crippen LogP contribution in [-0.4, -0.2) is 41.3 Å². The molecule has 7 nitrogen and oxygen atoms in total. The van der Waals surface area contributed by atoms with Gasteiger partial charge in [0.05, 0.1) is 23.9 Å². The zero-order chi connectivity index (χ0) is 19.3. The van der Waals surface area contributed by atoms with E-state index in [1.54, 1.807) is 30.3 Å². The predicted octanol–water partition coefficient (Wildman–Crippen LogP) is 2.67. The number of nitrogens with two attached hydrogens (primary N) is 1. The Labute approximate surface area is 157 Å². The molecular weight excluding hydrogens is 352 g/mol. The van der Waals surface area contributed by atoms with Crippen molar-refractivity contribution in [2.24, 2.45) is 11.7 Å². The summed E-state index contributed by atoms with van der Waals surface area (Å²) in [6.45, 7) is 6.48. The first-order chi connectivity index (χ1) is 12.3. The fourth-order valence-corrected chi connectivity index (χ4v) is 3.03. The quantitative estimate of drug-likeness (QED) is 0.735. The molecule has 0 aliphatic carbocycles. The van der Waals surface area contributed by atoms with Gasteiger partial charge in [-0.25, -0.2) is 4.98 Å². The average Bonchev–Trinajstić information content (AvgIpc) is 3.20. The predicted molar refractivity (Wildman–Crippen MR) is 102 cm³/mol. The minimum absolute atomic E-state index is 0.0187. The monoisotopic (exact) mass is 378 g/mol. The van der Waals surface area contributed by atoms with Gasteiger partial charge >= 0.3 is 0 Å². The van der Waals surface area contributed by atoms with Crippen LogP contribution in [0.25, 0.3) is 0 Å². The van der Waals surface area contributed by atoms with Gasteiger partial charge in [0.15, 0.2) is 5.13 Å². The standard InChI is InChI=1S/C18H26N4O3S/c1-11(2)15(19)5-7-22(4)16(23)9-13-10-26-18(20-13)21-17(24)14-6-8-25-12(14)3/h6,8,10-11,15H,5,7,9,19H2,1-4H3,(H,20,21,24). The summed E-state index contributed by atoms with van der Waals surface area (Å²) in [6.07, 6.45) is 2.43. The number of amides is 2. The largest absolute Gasteiger partial charge is 0.469 e. The van der Waals surface area contributed by atoms with Gasteiger partial charge in [-0.1, -0.05) is 13.8 Å². The third-order valence-corrected chi connectivity index (χ3v) is 5.09. The number of thiazole rings is 1. The number of rotatable bonds is 8. The molecule has 2 aromatic heterocycles. The van der Waals surface area contributed by atoms with Crippen molar-refractivity contribution in [3.05, 3.63) is 34.7 Å². The third-order valence-electron chi connectivity index (χ3n) is 4.29. The van der Waals surface area contributed by atoms with Gasteiger partial charge in [-0.05, 0) is 25.3 Å². The second-order valence-electron chi connectivity index (χ2n) is 6.68. The van der Waals surface area contributed by atoms with E-state index < -0.39 is 0 Å². The second-order valence-corrected chi connectivity index (χ2v) is 7.54. The summed E-state index contributed by atoms with van der Waals surface area (Å²) < 4.78 is 5.12. The van der Waals surface area contributed by atoms with E-state index in [0.29, 0.717) is 34.6 Å². The second kappa shape index (κ2) is 8.95. The molecule has 0 aliphatic rings. The molecule has 2 heterocycles. The van der Waals surface area contributed by atoms with Crippen LogP contribution in [-0.2, 0) is 11.2 Å². The molecular formula is C18H26N4O3S. The Morgan fingerprint density at radius 1 is 1.42 bits per heavy atom. The molecule has 0 radical (unpaired) electrons. The van der Waals surface area contributed by atoms with Crippen LogP contribution in [0.15, 0.2) is 22.1 Å². The number of nitrogens with one attached hydrogen (secondary N) is 1. The van der Waals surface area contributed by atoms with Crippen molar-refractivity contribution in [2.75, 3.05) is 18.9 Å². The highest BCUT2D eigenvalue weighted by molar-refractivity contribution is 7.14. The average molecular weight is 378 g/mol. The number of carbonyl (C=O) groups excluding carboxylic acids is 2. The van der Waals surface area contributed by atoms with Crippen molar-refractivity contribution in [3.8, 4) is 0 Å². The summed E-state index contributed by atoms with van der Waals surface area (Å²) in [4.78, 5) is 30.5.